The Kier molecular flexibility index (Phi) is 9.72. The Morgan fingerprint density at radius 1 is 1.07 bits per heavy atom. The first-order valence-corrected chi connectivity index (χ1v) is 10.1. The van der Waals surface area contributed by atoms with Crippen molar-refractivity contribution in [1.82, 2.24) is 15.5 Å². The van der Waals surface area contributed by atoms with Crippen LogP contribution >= 0.6 is 0 Å². The molecule has 3 N–H and O–H groups in total. The number of aliphatic hydroxyl groups is 1. The second-order valence-corrected chi connectivity index (χ2v) is 6.89. The molecule has 2 aromatic rings. The third kappa shape index (κ3) is 8.35. The molecule has 0 spiro atoms. The molecule has 0 radical (unpaired) electrons. The number of hydrogen-bond acceptors (Lipinski definition) is 3. The summed E-state index contributed by atoms with van der Waals surface area (Å²) in [6.45, 7) is 4.33. The zero-order chi connectivity index (χ0) is 20.9. The molecule has 29 heavy (non-hydrogen) atoms. The molecule has 0 aliphatic rings. The van der Waals surface area contributed by atoms with Crippen molar-refractivity contribution in [2.45, 2.75) is 32.4 Å². The average molecular weight is 397 g/mol. The number of nitrogens with one attached hydrogen (secondary N) is 2. The predicted octanol–water partition coefficient (Wildman–Crippen LogP) is 2.71. The predicted molar refractivity (Wildman–Crippen MR) is 118 cm³/mol. The van der Waals surface area contributed by atoms with Crippen LogP contribution in [0.5, 0.6) is 0 Å². The normalized spacial score (nSPS) is 12.3. The number of guanidine groups is 1. The summed E-state index contributed by atoms with van der Waals surface area (Å²) in [6.07, 6.45) is 0.399. The van der Waals surface area contributed by atoms with Gasteiger partial charge in [-0.1, -0.05) is 60.7 Å². The van der Waals surface area contributed by atoms with Crippen LogP contribution in [0.15, 0.2) is 65.7 Å². The maximum absolute atomic E-state index is 12.3. The second-order valence-electron chi connectivity index (χ2n) is 6.89. The Balaban J connectivity index is 1.74. The number of rotatable bonds is 10. The number of carbonyl (C=O) groups is 1. The molecule has 0 aliphatic carbocycles. The van der Waals surface area contributed by atoms with Crippen molar-refractivity contribution in [3.05, 3.63) is 71.8 Å². The SMILES string of the molecule is CCNC(=NCCC(O)c1ccccc1)NCCC(=O)N(C)Cc1ccccc1. The van der Waals surface area contributed by atoms with Gasteiger partial charge >= 0.3 is 0 Å². The molecule has 0 heterocycles. The quantitative estimate of drug-likeness (QED) is 0.426. The summed E-state index contributed by atoms with van der Waals surface area (Å²) in [5.41, 5.74) is 2.01. The lowest BCUT2D eigenvalue weighted by atomic mass is 10.1. The molecule has 2 rings (SSSR count). The van der Waals surface area contributed by atoms with Gasteiger partial charge in [0.1, 0.15) is 0 Å². The summed E-state index contributed by atoms with van der Waals surface area (Å²) in [7, 11) is 1.82. The lowest BCUT2D eigenvalue weighted by Gasteiger charge is -2.18. The summed E-state index contributed by atoms with van der Waals surface area (Å²) in [5, 5.41) is 16.6. The van der Waals surface area contributed by atoms with Crippen molar-refractivity contribution in [3.8, 4) is 0 Å². The fraction of sp³-hybridized carbons (Fsp3) is 0.391. The zero-order valence-electron chi connectivity index (χ0n) is 17.3. The summed E-state index contributed by atoms with van der Waals surface area (Å²) in [5.74, 6) is 0.739. The van der Waals surface area contributed by atoms with E-state index in [0.717, 1.165) is 17.7 Å². The van der Waals surface area contributed by atoms with Crippen LogP contribution in [0, 0.1) is 0 Å². The molecule has 6 heteroatoms. The Labute approximate surface area is 173 Å². The van der Waals surface area contributed by atoms with E-state index in [1.807, 2.05) is 74.6 Å². The Bertz CT molecular complexity index is 750. The van der Waals surface area contributed by atoms with E-state index in [-0.39, 0.29) is 5.91 Å². The van der Waals surface area contributed by atoms with Crippen LogP contribution in [-0.4, -0.2) is 48.6 Å². The first-order chi connectivity index (χ1) is 14.1. The highest BCUT2D eigenvalue weighted by Crippen LogP contribution is 2.15. The van der Waals surface area contributed by atoms with Gasteiger partial charge in [0.15, 0.2) is 5.96 Å². The molecule has 0 fully saturated rings. The largest absolute Gasteiger partial charge is 0.388 e. The topological polar surface area (TPSA) is 77.0 Å². The molecule has 0 saturated heterocycles. The summed E-state index contributed by atoms with van der Waals surface area (Å²) in [4.78, 5) is 18.6. The molecule has 1 amide bonds. The van der Waals surface area contributed by atoms with Crippen LogP contribution < -0.4 is 10.6 Å². The van der Waals surface area contributed by atoms with Gasteiger partial charge in [-0.2, -0.15) is 0 Å². The van der Waals surface area contributed by atoms with E-state index in [9.17, 15) is 9.90 Å². The Morgan fingerprint density at radius 3 is 2.38 bits per heavy atom. The third-order valence-corrected chi connectivity index (χ3v) is 4.52. The van der Waals surface area contributed by atoms with Gasteiger partial charge in [-0.3, -0.25) is 9.79 Å². The first kappa shape index (κ1) is 22.4. The molecule has 1 atom stereocenters. The number of aliphatic hydroxyl groups excluding tert-OH is 1. The van der Waals surface area contributed by atoms with E-state index in [1.54, 1.807) is 4.90 Å². The van der Waals surface area contributed by atoms with Crippen molar-refractivity contribution >= 4 is 11.9 Å². The molecule has 0 bridgehead atoms. The van der Waals surface area contributed by atoms with Gasteiger partial charge in [0, 0.05) is 39.6 Å². The van der Waals surface area contributed by atoms with Gasteiger partial charge in [-0.25, -0.2) is 0 Å². The minimum atomic E-state index is -0.531. The van der Waals surface area contributed by atoms with Crippen LogP contribution in [0.4, 0.5) is 0 Å². The van der Waals surface area contributed by atoms with E-state index in [0.29, 0.717) is 38.4 Å². The fourth-order valence-corrected chi connectivity index (χ4v) is 2.91. The summed E-state index contributed by atoms with van der Waals surface area (Å²) >= 11 is 0. The van der Waals surface area contributed by atoms with Gasteiger partial charge in [-0.05, 0) is 24.5 Å². The van der Waals surface area contributed by atoms with Crippen LogP contribution in [0.3, 0.4) is 0 Å². The molecule has 1 unspecified atom stereocenters. The molecular formula is C23H32N4O2. The highest BCUT2D eigenvalue weighted by molar-refractivity contribution is 5.81. The van der Waals surface area contributed by atoms with Crippen LogP contribution in [0.2, 0.25) is 0 Å². The van der Waals surface area contributed by atoms with Gasteiger partial charge in [-0.15, -0.1) is 0 Å². The van der Waals surface area contributed by atoms with Crippen LogP contribution in [0.25, 0.3) is 0 Å². The van der Waals surface area contributed by atoms with Gasteiger partial charge in [0.2, 0.25) is 5.91 Å². The highest BCUT2D eigenvalue weighted by Gasteiger charge is 2.10. The number of aliphatic imine (C=N–C) groups is 1. The third-order valence-electron chi connectivity index (χ3n) is 4.52. The first-order valence-electron chi connectivity index (χ1n) is 10.1. The van der Waals surface area contributed by atoms with Gasteiger partial charge in [0.05, 0.1) is 6.10 Å². The average Bonchev–Trinajstić information content (AvgIpc) is 2.74. The number of benzene rings is 2. The van der Waals surface area contributed by atoms with Crippen molar-refractivity contribution < 1.29 is 9.90 Å². The molecule has 2 aromatic carbocycles. The fourth-order valence-electron chi connectivity index (χ4n) is 2.91. The van der Waals surface area contributed by atoms with E-state index in [2.05, 4.69) is 15.6 Å². The van der Waals surface area contributed by atoms with E-state index in [4.69, 9.17) is 0 Å². The Hall–Kier alpha value is -2.86. The maximum atomic E-state index is 12.3. The molecule has 0 aromatic heterocycles. The van der Waals surface area contributed by atoms with Crippen LogP contribution in [0.1, 0.15) is 37.0 Å². The number of hydrogen-bond donors (Lipinski definition) is 3. The van der Waals surface area contributed by atoms with Gasteiger partial charge < -0.3 is 20.6 Å². The molecule has 0 aliphatic heterocycles. The monoisotopic (exact) mass is 396 g/mol. The minimum Gasteiger partial charge on any atom is -0.388 e. The van der Waals surface area contributed by atoms with E-state index in [1.165, 1.54) is 0 Å². The van der Waals surface area contributed by atoms with E-state index < -0.39 is 6.10 Å². The number of nitrogens with zero attached hydrogens (tertiary/aromatic N) is 2. The molecule has 0 saturated carbocycles. The van der Waals surface area contributed by atoms with Crippen molar-refractivity contribution in [3.63, 3.8) is 0 Å². The lowest BCUT2D eigenvalue weighted by Crippen LogP contribution is -2.39. The summed E-state index contributed by atoms with van der Waals surface area (Å²) in [6, 6.07) is 19.5. The number of amides is 1. The maximum Gasteiger partial charge on any atom is 0.224 e. The molecule has 156 valence electrons. The smallest absolute Gasteiger partial charge is 0.224 e. The summed E-state index contributed by atoms with van der Waals surface area (Å²) < 4.78 is 0. The minimum absolute atomic E-state index is 0.0803. The van der Waals surface area contributed by atoms with Crippen molar-refractivity contribution in [1.29, 1.82) is 0 Å². The lowest BCUT2D eigenvalue weighted by molar-refractivity contribution is -0.130. The molecule has 6 nitrogen and oxygen atoms in total. The Morgan fingerprint density at radius 2 is 1.72 bits per heavy atom. The highest BCUT2D eigenvalue weighted by atomic mass is 16.3. The van der Waals surface area contributed by atoms with Crippen molar-refractivity contribution in [2.24, 2.45) is 4.99 Å². The second kappa shape index (κ2) is 12.6. The number of carbonyl (C=O) groups excluding carboxylic acids is 1. The molecular weight excluding hydrogens is 364 g/mol. The standard InChI is InChI=1S/C23H32N4O2/c1-3-24-23(25-16-14-21(28)20-12-8-5-9-13-20)26-17-15-22(29)27(2)18-19-10-6-4-7-11-19/h4-13,21,28H,3,14-18H2,1-2H3,(H2,24,25,26). The van der Waals surface area contributed by atoms with Gasteiger partial charge in [0.25, 0.3) is 0 Å². The van der Waals surface area contributed by atoms with E-state index >= 15 is 0 Å². The van der Waals surface area contributed by atoms with Crippen molar-refractivity contribution in [2.75, 3.05) is 26.7 Å². The zero-order valence-corrected chi connectivity index (χ0v) is 17.3. The van der Waals surface area contributed by atoms with Crippen LogP contribution in [-0.2, 0) is 11.3 Å².